The fraction of sp³-hybridized carbons (Fsp3) is 0.176. The van der Waals surface area contributed by atoms with Crippen LogP contribution >= 0.6 is 23.2 Å². The lowest BCUT2D eigenvalue weighted by atomic mass is 10.2. The topological polar surface area (TPSA) is 70.2 Å². The van der Waals surface area contributed by atoms with Gasteiger partial charge in [0.05, 0.1) is 10.7 Å². The number of hydrogen-bond acceptors (Lipinski definition) is 3. The molecule has 0 aliphatic carbocycles. The maximum absolute atomic E-state index is 12.3. The molecule has 1 unspecified atom stereocenters. The van der Waals surface area contributed by atoms with Crippen molar-refractivity contribution >= 4 is 52.1 Å². The Hall–Kier alpha value is -2.24. The fourth-order valence-corrected chi connectivity index (χ4v) is 2.38. The van der Waals surface area contributed by atoms with Crippen molar-refractivity contribution in [3.05, 3.63) is 52.5 Å². The van der Waals surface area contributed by atoms with Crippen molar-refractivity contribution in [3.63, 3.8) is 0 Å². The van der Waals surface area contributed by atoms with Crippen LogP contribution in [0.1, 0.15) is 13.8 Å². The number of anilines is 3. The van der Waals surface area contributed by atoms with Crippen molar-refractivity contribution in [2.75, 3.05) is 16.0 Å². The number of hydrogen-bond donors (Lipinski definition) is 3. The second-order valence-corrected chi connectivity index (χ2v) is 6.09. The zero-order valence-electron chi connectivity index (χ0n) is 13.2. The molecular weight excluding hydrogens is 349 g/mol. The second-order valence-electron chi connectivity index (χ2n) is 5.24. The van der Waals surface area contributed by atoms with E-state index < -0.39 is 6.04 Å². The predicted molar refractivity (Wildman–Crippen MR) is 98.9 cm³/mol. The van der Waals surface area contributed by atoms with Crippen molar-refractivity contribution < 1.29 is 9.59 Å². The molecule has 0 fully saturated rings. The van der Waals surface area contributed by atoms with Gasteiger partial charge in [0, 0.05) is 23.3 Å². The van der Waals surface area contributed by atoms with Crippen LogP contribution in [-0.2, 0) is 9.59 Å². The summed E-state index contributed by atoms with van der Waals surface area (Å²) in [6, 6.07) is 11.4. The molecule has 7 heteroatoms. The summed E-state index contributed by atoms with van der Waals surface area (Å²) in [5.41, 5.74) is 1.81. The molecule has 0 radical (unpaired) electrons. The molecule has 0 saturated heterocycles. The molecule has 2 amide bonds. The van der Waals surface area contributed by atoms with Gasteiger partial charge in [0.15, 0.2) is 0 Å². The quantitative estimate of drug-likeness (QED) is 0.735. The number of carbonyl (C=O) groups excluding carboxylic acids is 2. The van der Waals surface area contributed by atoms with E-state index in [0.717, 1.165) is 0 Å². The fourth-order valence-electron chi connectivity index (χ4n) is 2.04. The van der Waals surface area contributed by atoms with Gasteiger partial charge in [-0.25, -0.2) is 0 Å². The van der Waals surface area contributed by atoms with E-state index in [1.807, 2.05) is 6.07 Å². The summed E-state index contributed by atoms with van der Waals surface area (Å²) in [5.74, 6) is -0.419. The molecule has 2 rings (SSSR count). The SMILES string of the molecule is CC(=O)Nc1cccc(NC(C)C(=O)Nc2cc(Cl)ccc2Cl)c1. The van der Waals surface area contributed by atoms with Crippen LogP contribution in [0.2, 0.25) is 10.0 Å². The van der Waals surface area contributed by atoms with E-state index in [1.54, 1.807) is 43.3 Å². The molecular formula is C17H17Cl2N3O2. The van der Waals surface area contributed by atoms with Gasteiger partial charge in [0.1, 0.15) is 6.04 Å². The standard InChI is InChI=1S/C17H17Cl2N3O2/c1-10(17(24)22-16-8-12(18)6-7-15(16)19)20-13-4-3-5-14(9-13)21-11(2)23/h3-10,20H,1-2H3,(H,21,23)(H,22,24). The van der Waals surface area contributed by atoms with Gasteiger partial charge in [-0.3, -0.25) is 9.59 Å². The molecule has 2 aromatic carbocycles. The van der Waals surface area contributed by atoms with E-state index in [1.165, 1.54) is 6.92 Å². The van der Waals surface area contributed by atoms with Gasteiger partial charge in [-0.05, 0) is 43.3 Å². The lowest BCUT2D eigenvalue weighted by Crippen LogP contribution is -2.32. The first-order chi connectivity index (χ1) is 11.3. The molecule has 2 aromatic rings. The molecule has 126 valence electrons. The zero-order chi connectivity index (χ0) is 17.7. The van der Waals surface area contributed by atoms with Gasteiger partial charge in [-0.2, -0.15) is 0 Å². The second kappa shape index (κ2) is 8.04. The Labute approximate surface area is 150 Å². The summed E-state index contributed by atoms with van der Waals surface area (Å²) in [7, 11) is 0. The Balaban J connectivity index is 2.03. The maximum atomic E-state index is 12.3. The van der Waals surface area contributed by atoms with Crippen molar-refractivity contribution in [2.45, 2.75) is 19.9 Å². The summed E-state index contributed by atoms with van der Waals surface area (Å²) in [6.45, 7) is 3.16. The normalized spacial score (nSPS) is 11.5. The monoisotopic (exact) mass is 365 g/mol. The van der Waals surface area contributed by atoms with Gasteiger partial charge in [0.25, 0.3) is 0 Å². The van der Waals surface area contributed by atoms with E-state index in [0.29, 0.717) is 27.1 Å². The van der Waals surface area contributed by atoms with Crippen molar-refractivity contribution in [1.29, 1.82) is 0 Å². The largest absolute Gasteiger partial charge is 0.374 e. The van der Waals surface area contributed by atoms with Crippen LogP contribution in [0.25, 0.3) is 0 Å². The Kier molecular flexibility index (Phi) is 6.06. The third-order valence-corrected chi connectivity index (χ3v) is 3.71. The molecule has 0 saturated carbocycles. The minimum Gasteiger partial charge on any atom is -0.374 e. The van der Waals surface area contributed by atoms with Gasteiger partial charge in [-0.1, -0.05) is 29.3 Å². The van der Waals surface area contributed by atoms with Crippen LogP contribution in [0.4, 0.5) is 17.1 Å². The van der Waals surface area contributed by atoms with E-state index in [2.05, 4.69) is 16.0 Å². The molecule has 0 heterocycles. The Morgan fingerprint density at radius 1 is 1.00 bits per heavy atom. The van der Waals surface area contributed by atoms with E-state index in [9.17, 15) is 9.59 Å². The van der Waals surface area contributed by atoms with Crippen LogP contribution in [0.5, 0.6) is 0 Å². The summed E-state index contributed by atoms with van der Waals surface area (Å²) in [5, 5.41) is 9.38. The molecule has 0 aliphatic heterocycles. The van der Waals surface area contributed by atoms with Crippen molar-refractivity contribution in [2.24, 2.45) is 0 Å². The van der Waals surface area contributed by atoms with Gasteiger partial charge >= 0.3 is 0 Å². The Morgan fingerprint density at radius 2 is 1.71 bits per heavy atom. The third-order valence-electron chi connectivity index (χ3n) is 3.15. The molecule has 5 nitrogen and oxygen atoms in total. The average molecular weight is 366 g/mol. The minimum atomic E-state index is -0.521. The highest BCUT2D eigenvalue weighted by Gasteiger charge is 2.14. The average Bonchev–Trinajstić information content (AvgIpc) is 2.50. The number of halogens is 2. The Morgan fingerprint density at radius 3 is 2.42 bits per heavy atom. The van der Waals surface area contributed by atoms with Crippen LogP contribution < -0.4 is 16.0 Å². The van der Waals surface area contributed by atoms with Crippen LogP contribution in [0.3, 0.4) is 0 Å². The zero-order valence-corrected chi connectivity index (χ0v) is 14.7. The molecule has 24 heavy (non-hydrogen) atoms. The highest BCUT2D eigenvalue weighted by Crippen LogP contribution is 2.25. The van der Waals surface area contributed by atoms with E-state index in [-0.39, 0.29) is 11.8 Å². The van der Waals surface area contributed by atoms with Crippen LogP contribution in [0, 0.1) is 0 Å². The summed E-state index contributed by atoms with van der Waals surface area (Å²) in [4.78, 5) is 23.4. The molecule has 0 bridgehead atoms. The third kappa shape index (κ3) is 5.15. The number of nitrogens with one attached hydrogen (secondary N) is 3. The first-order valence-corrected chi connectivity index (χ1v) is 8.01. The molecule has 0 aromatic heterocycles. The highest BCUT2D eigenvalue weighted by molar-refractivity contribution is 6.35. The lowest BCUT2D eigenvalue weighted by molar-refractivity contribution is -0.116. The van der Waals surface area contributed by atoms with Crippen molar-refractivity contribution in [3.8, 4) is 0 Å². The first kappa shape index (κ1) is 18.1. The summed E-state index contributed by atoms with van der Waals surface area (Å²) < 4.78 is 0. The van der Waals surface area contributed by atoms with Crippen molar-refractivity contribution in [1.82, 2.24) is 0 Å². The van der Waals surface area contributed by atoms with Gasteiger partial charge < -0.3 is 16.0 Å². The van der Waals surface area contributed by atoms with Crippen LogP contribution in [0.15, 0.2) is 42.5 Å². The number of carbonyl (C=O) groups is 2. The minimum absolute atomic E-state index is 0.159. The first-order valence-electron chi connectivity index (χ1n) is 7.25. The van der Waals surface area contributed by atoms with Gasteiger partial charge in [0.2, 0.25) is 11.8 Å². The van der Waals surface area contributed by atoms with E-state index >= 15 is 0 Å². The summed E-state index contributed by atoms with van der Waals surface area (Å²) >= 11 is 11.9. The van der Waals surface area contributed by atoms with Crippen LogP contribution in [-0.4, -0.2) is 17.9 Å². The van der Waals surface area contributed by atoms with E-state index in [4.69, 9.17) is 23.2 Å². The maximum Gasteiger partial charge on any atom is 0.246 e. The lowest BCUT2D eigenvalue weighted by Gasteiger charge is -2.16. The summed E-state index contributed by atoms with van der Waals surface area (Å²) in [6.07, 6.45) is 0. The molecule has 0 spiro atoms. The smallest absolute Gasteiger partial charge is 0.246 e. The number of rotatable bonds is 5. The highest BCUT2D eigenvalue weighted by atomic mass is 35.5. The Bertz CT molecular complexity index is 765. The van der Waals surface area contributed by atoms with Gasteiger partial charge in [-0.15, -0.1) is 0 Å². The molecule has 0 aliphatic rings. The number of benzene rings is 2. The molecule has 1 atom stereocenters. The molecule has 3 N–H and O–H groups in total. The number of amides is 2. The predicted octanol–water partition coefficient (Wildman–Crippen LogP) is 4.39.